The highest BCUT2D eigenvalue weighted by Gasteiger charge is 2.32. The molecule has 0 spiro atoms. The van der Waals surface area contributed by atoms with Gasteiger partial charge in [-0.2, -0.15) is 0 Å². The number of aliphatic hydroxyl groups is 1. The van der Waals surface area contributed by atoms with Crippen LogP contribution in [0.2, 0.25) is 0 Å². The lowest BCUT2D eigenvalue weighted by atomic mass is 10.0. The lowest BCUT2D eigenvalue weighted by Crippen LogP contribution is -2.56. The van der Waals surface area contributed by atoms with Gasteiger partial charge in [-0.05, 0) is 44.5 Å². The van der Waals surface area contributed by atoms with Gasteiger partial charge in [0.25, 0.3) is 5.91 Å². The standard InChI is InChI=1S/C17H24N4O3/c22-15-11-21(17(24)14-5-1-2-7-18-14)10-6-13(15)19-16(23)12-20-8-3-4-9-20/h1-2,5,7,13,15,22H,3-4,6,8-12H2,(H,19,23)/t13-,15-/m1/s1. The summed E-state index contributed by atoms with van der Waals surface area (Å²) in [5.41, 5.74) is 0.376. The summed E-state index contributed by atoms with van der Waals surface area (Å²) in [5, 5.41) is 13.2. The molecule has 0 aliphatic carbocycles. The van der Waals surface area contributed by atoms with Crippen LogP contribution in [0.5, 0.6) is 0 Å². The molecule has 2 aliphatic rings. The van der Waals surface area contributed by atoms with Crippen LogP contribution in [0.25, 0.3) is 0 Å². The molecule has 7 heteroatoms. The monoisotopic (exact) mass is 332 g/mol. The van der Waals surface area contributed by atoms with Crippen molar-refractivity contribution in [3.8, 4) is 0 Å². The fourth-order valence-corrected chi connectivity index (χ4v) is 3.33. The number of pyridine rings is 1. The molecular weight excluding hydrogens is 308 g/mol. The molecule has 0 radical (unpaired) electrons. The molecule has 7 nitrogen and oxygen atoms in total. The summed E-state index contributed by atoms with van der Waals surface area (Å²) in [7, 11) is 0. The zero-order valence-corrected chi connectivity index (χ0v) is 13.7. The number of piperidine rings is 1. The van der Waals surface area contributed by atoms with Crippen molar-refractivity contribution in [2.45, 2.75) is 31.4 Å². The minimum absolute atomic E-state index is 0.0505. The maximum Gasteiger partial charge on any atom is 0.272 e. The number of nitrogens with zero attached hydrogens (tertiary/aromatic N) is 3. The van der Waals surface area contributed by atoms with E-state index in [2.05, 4.69) is 15.2 Å². The molecule has 1 aromatic rings. The maximum atomic E-state index is 12.4. The number of β-amino-alcohol motifs (C(OH)–C–C–N with tert-alkyl or cyclic N) is 1. The van der Waals surface area contributed by atoms with E-state index in [-0.39, 0.29) is 24.4 Å². The lowest BCUT2D eigenvalue weighted by Gasteiger charge is -2.36. The molecule has 3 rings (SSSR count). The van der Waals surface area contributed by atoms with Crippen molar-refractivity contribution >= 4 is 11.8 Å². The summed E-state index contributed by atoms with van der Waals surface area (Å²) < 4.78 is 0. The highest BCUT2D eigenvalue weighted by Crippen LogP contribution is 2.14. The van der Waals surface area contributed by atoms with E-state index in [4.69, 9.17) is 0 Å². The highest BCUT2D eigenvalue weighted by molar-refractivity contribution is 5.92. The van der Waals surface area contributed by atoms with Gasteiger partial charge >= 0.3 is 0 Å². The lowest BCUT2D eigenvalue weighted by molar-refractivity contribution is -0.124. The number of carbonyl (C=O) groups is 2. The largest absolute Gasteiger partial charge is 0.389 e. The van der Waals surface area contributed by atoms with Crippen LogP contribution in [0.15, 0.2) is 24.4 Å². The molecule has 2 aliphatic heterocycles. The number of rotatable bonds is 4. The van der Waals surface area contributed by atoms with Crippen molar-refractivity contribution in [2.75, 3.05) is 32.7 Å². The van der Waals surface area contributed by atoms with E-state index in [1.807, 2.05) is 0 Å². The molecule has 24 heavy (non-hydrogen) atoms. The molecule has 0 bridgehead atoms. The van der Waals surface area contributed by atoms with Gasteiger partial charge in [-0.15, -0.1) is 0 Å². The third kappa shape index (κ3) is 4.10. The smallest absolute Gasteiger partial charge is 0.272 e. The quantitative estimate of drug-likeness (QED) is 0.802. The highest BCUT2D eigenvalue weighted by atomic mass is 16.3. The SMILES string of the molecule is O=C(CN1CCCC1)N[C@@H]1CCN(C(=O)c2ccccn2)C[C@H]1O. The van der Waals surface area contributed by atoms with Gasteiger partial charge in [-0.1, -0.05) is 6.07 Å². The molecule has 0 aromatic carbocycles. The van der Waals surface area contributed by atoms with Crippen molar-refractivity contribution in [3.05, 3.63) is 30.1 Å². The first kappa shape index (κ1) is 16.9. The van der Waals surface area contributed by atoms with Crippen molar-refractivity contribution < 1.29 is 14.7 Å². The van der Waals surface area contributed by atoms with Gasteiger partial charge in [0.1, 0.15) is 5.69 Å². The Morgan fingerprint density at radius 2 is 2.04 bits per heavy atom. The minimum atomic E-state index is -0.756. The second-order valence-electron chi connectivity index (χ2n) is 6.48. The van der Waals surface area contributed by atoms with Crippen molar-refractivity contribution in [3.63, 3.8) is 0 Å². The van der Waals surface area contributed by atoms with Gasteiger partial charge in [-0.3, -0.25) is 19.5 Å². The summed E-state index contributed by atoms with van der Waals surface area (Å²) in [5.74, 6) is -0.234. The van der Waals surface area contributed by atoms with Gasteiger partial charge in [0.15, 0.2) is 0 Å². The average molecular weight is 332 g/mol. The number of carbonyl (C=O) groups excluding carboxylic acids is 2. The number of nitrogens with one attached hydrogen (secondary N) is 1. The number of likely N-dealkylation sites (tertiary alicyclic amines) is 2. The van der Waals surface area contributed by atoms with Crippen LogP contribution in [0.1, 0.15) is 29.8 Å². The topological polar surface area (TPSA) is 85.8 Å². The summed E-state index contributed by atoms with van der Waals surface area (Å²) in [4.78, 5) is 32.2. The van der Waals surface area contributed by atoms with Gasteiger partial charge in [0.2, 0.25) is 5.91 Å². The third-order valence-corrected chi connectivity index (χ3v) is 4.67. The first-order valence-corrected chi connectivity index (χ1v) is 8.53. The molecular formula is C17H24N4O3. The Morgan fingerprint density at radius 1 is 1.25 bits per heavy atom. The minimum Gasteiger partial charge on any atom is -0.389 e. The van der Waals surface area contributed by atoms with Crippen molar-refractivity contribution in [1.82, 2.24) is 20.1 Å². The Bertz CT molecular complexity index is 574. The zero-order chi connectivity index (χ0) is 16.9. The molecule has 2 saturated heterocycles. The molecule has 3 heterocycles. The van der Waals surface area contributed by atoms with E-state index in [1.54, 1.807) is 29.3 Å². The molecule has 2 N–H and O–H groups in total. The van der Waals surface area contributed by atoms with Crippen LogP contribution < -0.4 is 5.32 Å². The number of hydrogen-bond donors (Lipinski definition) is 2. The Hall–Kier alpha value is -1.99. The fraction of sp³-hybridized carbons (Fsp3) is 0.588. The number of amides is 2. The van der Waals surface area contributed by atoms with E-state index in [0.29, 0.717) is 25.2 Å². The van der Waals surface area contributed by atoms with Crippen LogP contribution >= 0.6 is 0 Å². The Balaban J connectivity index is 1.49. The van der Waals surface area contributed by atoms with E-state index in [0.717, 1.165) is 25.9 Å². The molecule has 130 valence electrons. The summed E-state index contributed by atoms with van der Waals surface area (Å²) in [6.45, 7) is 3.03. The normalized spacial score (nSPS) is 24.8. The molecule has 0 unspecified atom stereocenters. The second-order valence-corrected chi connectivity index (χ2v) is 6.48. The van der Waals surface area contributed by atoms with E-state index in [1.165, 1.54) is 0 Å². The van der Waals surface area contributed by atoms with Crippen LogP contribution in [0, 0.1) is 0 Å². The van der Waals surface area contributed by atoms with Crippen LogP contribution in [0.4, 0.5) is 0 Å². The molecule has 2 atom stereocenters. The predicted molar refractivity (Wildman–Crippen MR) is 88.4 cm³/mol. The van der Waals surface area contributed by atoms with Crippen molar-refractivity contribution in [2.24, 2.45) is 0 Å². The van der Waals surface area contributed by atoms with Gasteiger partial charge in [0.05, 0.1) is 18.7 Å². The van der Waals surface area contributed by atoms with Gasteiger partial charge in [0, 0.05) is 19.3 Å². The molecule has 2 fully saturated rings. The van der Waals surface area contributed by atoms with Crippen molar-refractivity contribution in [1.29, 1.82) is 0 Å². The third-order valence-electron chi connectivity index (χ3n) is 4.67. The Labute approximate surface area is 141 Å². The molecule has 2 amide bonds. The molecule has 0 saturated carbocycles. The first-order chi connectivity index (χ1) is 11.6. The predicted octanol–water partition coefficient (Wildman–Crippen LogP) is -0.131. The second kappa shape index (κ2) is 7.72. The van der Waals surface area contributed by atoms with Gasteiger partial charge < -0.3 is 15.3 Å². The maximum absolute atomic E-state index is 12.4. The number of hydrogen-bond acceptors (Lipinski definition) is 5. The number of aromatic nitrogens is 1. The van der Waals surface area contributed by atoms with E-state index in [9.17, 15) is 14.7 Å². The van der Waals surface area contributed by atoms with E-state index >= 15 is 0 Å². The first-order valence-electron chi connectivity index (χ1n) is 8.53. The van der Waals surface area contributed by atoms with Crippen LogP contribution in [0.3, 0.4) is 0 Å². The van der Waals surface area contributed by atoms with Crippen LogP contribution in [-0.2, 0) is 4.79 Å². The van der Waals surface area contributed by atoms with E-state index < -0.39 is 6.10 Å². The average Bonchev–Trinajstić information content (AvgIpc) is 3.09. The summed E-state index contributed by atoms with van der Waals surface area (Å²) >= 11 is 0. The fourth-order valence-electron chi connectivity index (χ4n) is 3.33. The summed E-state index contributed by atoms with van der Waals surface area (Å²) in [6.07, 6.45) is 3.66. The summed E-state index contributed by atoms with van der Waals surface area (Å²) in [6, 6.07) is 4.89. The van der Waals surface area contributed by atoms with Gasteiger partial charge in [-0.25, -0.2) is 0 Å². The zero-order valence-electron chi connectivity index (χ0n) is 13.7. The Kier molecular flexibility index (Phi) is 5.42. The molecule has 1 aromatic heterocycles. The Morgan fingerprint density at radius 3 is 2.71 bits per heavy atom. The number of aliphatic hydroxyl groups excluding tert-OH is 1. The van der Waals surface area contributed by atoms with Crippen LogP contribution in [-0.4, -0.2) is 76.6 Å².